The van der Waals surface area contributed by atoms with Crippen molar-refractivity contribution in [2.75, 3.05) is 5.32 Å². The number of rotatable bonds is 4. The summed E-state index contributed by atoms with van der Waals surface area (Å²) < 4.78 is 0. The summed E-state index contributed by atoms with van der Waals surface area (Å²) in [6.45, 7) is 1.98. The van der Waals surface area contributed by atoms with Gasteiger partial charge in [-0.2, -0.15) is 0 Å². The van der Waals surface area contributed by atoms with Crippen molar-refractivity contribution in [3.8, 4) is 0 Å². The lowest BCUT2D eigenvalue weighted by atomic mass is 10.2. The molecule has 14 heavy (non-hydrogen) atoms. The number of nitrogens with zero attached hydrogens (tertiary/aromatic N) is 2. The number of halogens is 1. The molecule has 7 heteroatoms. The van der Waals surface area contributed by atoms with Gasteiger partial charge in [0.2, 0.25) is 11.0 Å². The predicted octanol–water partition coefficient (Wildman–Crippen LogP) is 1.03. The predicted molar refractivity (Wildman–Crippen MR) is 58.7 cm³/mol. The van der Waals surface area contributed by atoms with Crippen LogP contribution < -0.4 is 11.1 Å². The maximum absolute atomic E-state index is 11.3. The molecule has 1 aromatic heterocycles. The third-order valence-corrected chi connectivity index (χ3v) is 2.13. The number of amides is 1. The fraction of sp³-hybridized carbons (Fsp3) is 0.571. The van der Waals surface area contributed by atoms with E-state index in [4.69, 9.17) is 5.73 Å². The van der Waals surface area contributed by atoms with Crippen molar-refractivity contribution >= 4 is 34.8 Å². The average molecular weight is 237 g/mol. The molecule has 0 radical (unpaired) electrons. The molecule has 1 amide bonds. The number of hydrogen-bond acceptors (Lipinski definition) is 5. The third kappa shape index (κ3) is 3.99. The van der Waals surface area contributed by atoms with Gasteiger partial charge in [-0.3, -0.25) is 10.1 Å². The lowest BCUT2D eigenvalue weighted by Crippen LogP contribution is -2.35. The molecule has 1 aromatic rings. The fourth-order valence-corrected chi connectivity index (χ4v) is 1.32. The Bertz CT molecular complexity index is 267. The molecule has 1 rings (SSSR count). The number of hydrogen-bond donors (Lipinski definition) is 2. The van der Waals surface area contributed by atoms with Crippen molar-refractivity contribution in [3.63, 3.8) is 0 Å². The van der Waals surface area contributed by atoms with Gasteiger partial charge in [-0.05, 0) is 6.42 Å². The van der Waals surface area contributed by atoms with E-state index in [9.17, 15) is 4.79 Å². The van der Waals surface area contributed by atoms with Gasteiger partial charge in [0, 0.05) is 0 Å². The maximum Gasteiger partial charge on any atom is 0.243 e. The second-order valence-electron chi connectivity index (χ2n) is 2.63. The lowest BCUT2D eigenvalue weighted by Gasteiger charge is -2.07. The number of anilines is 1. The number of nitrogens with two attached hydrogens (primary N) is 1. The van der Waals surface area contributed by atoms with Crippen LogP contribution in [-0.4, -0.2) is 22.1 Å². The monoisotopic (exact) mass is 236 g/mol. The zero-order valence-electron chi connectivity index (χ0n) is 7.77. The number of aromatic nitrogens is 2. The Morgan fingerprint density at radius 3 is 3.00 bits per heavy atom. The first-order valence-electron chi connectivity index (χ1n) is 4.06. The van der Waals surface area contributed by atoms with Gasteiger partial charge in [0.1, 0.15) is 5.51 Å². The number of carbonyl (C=O) groups is 1. The van der Waals surface area contributed by atoms with Gasteiger partial charge in [0.25, 0.3) is 0 Å². The molecule has 5 nitrogen and oxygen atoms in total. The summed E-state index contributed by atoms with van der Waals surface area (Å²) in [6, 6.07) is -0.450. The van der Waals surface area contributed by atoms with E-state index in [0.29, 0.717) is 11.6 Å². The van der Waals surface area contributed by atoms with Gasteiger partial charge in [0.05, 0.1) is 6.04 Å². The van der Waals surface area contributed by atoms with Crippen LogP contribution in [0, 0.1) is 0 Å². The first-order chi connectivity index (χ1) is 6.24. The molecule has 0 saturated carbocycles. The van der Waals surface area contributed by atoms with E-state index in [1.54, 1.807) is 5.51 Å². The van der Waals surface area contributed by atoms with Crippen LogP contribution in [-0.2, 0) is 4.79 Å². The minimum Gasteiger partial charge on any atom is -0.320 e. The summed E-state index contributed by atoms with van der Waals surface area (Å²) in [6.07, 6.45) is 1.58. The van der Waals surface area contributed by atoms with E-state index in [1.165, 1.54) is 11.3 Å². The summed E-state index contributed by atoms with van der Waals surface area (Å²) in [5.74, 6) is -0.196. The van der Waals surface area contributed by atoms with Crippen molar-refractivity contribution in [3.05, 3.63) is 5.51 Å². The van der Waals surface area contributed by atoms with Crippen LogP contribution in [0.15, 0.2) is 5.51 Å². The molecule has 0 fully saturated rings. The molecule has 0 aromatic carbocycles. The van der Waals surface area contributed by atoms with E-state index in [2.05, 4.69) is 15.5 Å². The molecule has 80 valence electrons. The second-order valence-corrected chi connectivity index (χ2v) is 3.46. The van der Waals surface area contributed by atoms with Crippen molar-refractivity contribution < 1.29 is 4.79 Å². The lowest BCUT2D eigenvalue weighted by molar-refractivity contribution is -0.117. The molecule has 0 bridgehead atoms. The van der Waals surface area contributed by atoms with Crippen LogP contribution in [0.3, 0.4) is 0 Å². The van der Waals surface area contributed by atoms with Crippen molar-refractivity contribution in [2.45, 2.75) is 25.8 Å². The van der Waals surface area contributed by atoms with Crippen molar-refractivity contribution in [1.29, 1.82) is 0 Å². The summed E-state index contributed by atoms with van der Waals surface area (Å²) in [5, 5.41) is 10.4. The maximum atomic E-state index is 11.3. The molecule has 0 saturated heterocycles. The molecular formula is C7H13ClN4OS. The Morgan fingerprint density at radius 1 is 1.79 bits per heavy atom. The standard InChI is InChI=1S/C7H12N4OS.ClH/c1-2-3-5(8)6(12)10-7-11-9-4-13-7;/h4-5H,2-3,8H2,1H3,(H,10,11,12);1H. The minimum atomic E-state index is -0.450. The van der Waals surface area contributed by atoms with Gasteiger partial charge in [-0.25, -0.2) is 0 Å². The Labute approximate surface area is 92.5 Å². The van der Waals surface area contributed by atoms with E-state index < -0.39 is 6.04 Å². The Balaban J connectivity index is 0.00000169. The second kappa shape index (κ2) is 6.69. The van der Waals surface area contributed by atoms with E-state index >= 15 is 0 Å². The summed E-state index contributed by atoms with van der Waals surface area (Å²) in [7, 11) is 0. The van der Waals surface area contributed by atoms with Gasteiger partial charge in [-0.15, -0.1) is 22.6 Å². The van der Waals surface area contributed by atoms with E-state index in [1.807, 2.05) is 6.92 Å². The highest BCUT2D eigenvalue weighted by molar-refractivity contribution is 7.13. The summed E-state index contributed by atoms with van der Waals surface area (Å²) >= 11 is 1.28. The molecule has 1 unspecified atom stereocenters. The van der Waals surface area contributed by atoms with Crippen LogP contribution in [0.2, 0.25) is 0 Å². The molecule has 1 atom stereocenters. The molecule has 0 spiro atoms. The smallest absolute Gasteiger partial charge is 0.243 e. The summed E-state index contributed by atoms with van der Waals surface area (Å²) in [4.78, 5) is 11.3. The van der Waals surface area contributed by atoms with Crippen LogP contribution in [0.25, 0.3) is 0 Å². The van der Waals surface area contributed by atoms with Gasteiger partial charge >= 0.3 is 0 Å². The largest absolute Gasteiger partial charge is 0.320 e. The summed E-state index contributed by atoms with van der Waals surface area (Å²) in [5.41, 5.74) is 7.15. The van der Waals surface area contributed by atoms with Gasteiger partial charge < -0.3 is 5.73 Å². The number of nitrogens with one attached hydrogen (secondary N) is 1. The fourth-order valence-electron chi connectivity index (χ4n) is 0.868. The molecule has 0 aliphatic rings. The SMILES string of the molecule is CCCC(N)C(=O)Nc1nncs1.Cl. The molecular weight excluding hydrogens is 224 g/mol. The van der Waals surface area contributed by atoms with Crippen LogP contribution in [0.4, 0.5) is 5.13 Å². The topological polar surface area (TPSA) is 80.9 Å². The minimum absolute atomic E-state index is 0. The van der Waals surface area contributed by atoms with Gasteiger partial charge in [0.15, 0.2) is 0 Å². The van der Waals surface area contributed by atoms with Crippen molar-refractivity contribution in [2.24, 2.45) is 5.73 Å². The molecule has 0 aliphatic carbocycles. The van der Waals surface area contributed by atoms with Crippen LogP contribution in [0.1, 0.15) is 19.8 Å². The molecule has 3 N–H and O–H groups in total. The quantitative estimate of drug-likeness (QED) is 0.818. The first kappa shape index (κ1) is 13.3. The third-order valence-electron chi connectivity index (χ3n) is 1.53. The van der Waals surface area contributed by atoms with Crippen LogP contribution >= 0.6 is 23.7 Å². The highest BCUT2D eigenvalue weighted by atomic mass is 35.5. The van der Waals surface area contributed by atoms with Gasteiger partial charge in [-0.1, -0.05) is 24.7 Å². The van der Waals surface area contributed by atoms with E-state index in [0.717, 1.165) is 6.42 Å². The Hall–Kier alpha value is -0.720. The van der Waals surface area contributed by atoms with E-state index in [-0.39, 0.29) is 18.3 Å². The zero-order valence-corrected chi connectivity index (χ0v) is 9.40. The first-order valence-corrected chi connectivity index (χ1v) is 4.94. The highest BCUT2D eigenvalue weighted by Crippen LogP contribution is 2.08. The number of carbonyl (C=O) groups excluding carboxylic acids is 1. The van der Waals surface area contributed by atoms with Crippen LogP contribution in [0.5, 0.6) is 0 Å². The molecule has 1 heterocycles. The normalized spacial score (nSPS) is 11.6. The Kier molecular flexibility index (Phi) is 6.35. The zero-order chi connectivity index (χ0) is 9.68. The highest BCUT2D eigenvalue weighted by Gasteiger charge is 2.13. The van der Waals surface area contributed by atoms with Crippen molar-refractivity contribution in [1.82, 2.24) is 10.2 Å². The average Bonchev–Trinajstić information content (AvgIpc) is 2.57. The Morgan fingerprint density at radius 2 is 2.50 bits per heavy atom. The molecule has 0 aliphatic heterocycles.